The molecular weight excluding hydrogens is 364 g/mol. The van der Waals surface area contributed by atoms with Crippen LogP contribution in [0.5, 0.6) is 0 Å². The number of aliphatic hydroxyl groups excluding tert-OH is 2. The molecule has 1 saturated carbocycles. The highest BCUT2D eigenvalue weighted by Gasteiger charge is 2.39. The fourth-order valence-electron chi connectivity index (χ4n) is 3.64. The molecule has 0 aromatic heterocycles. The predicted molar refractivity (Wildman–Crippen MR) is 109 cm³/mol. The van der Waals surface area contributed by atoms with E-state index in [1.54, 1.807) is 0 Å². The van der Waals surface area contributed by atoms with Gasteiger partial charge in [-0.1, -0.05) is 37.8 Å². The van der Waals surface area contributed by atoms with E-state index in [0.29, 0.717) is 19.3 Å². The van der Waals surface area contributed by atoms with Gasteiger partial charge in [0, 0.05) is 18.8 Å². The van der Waals surface area contributed by atoms with Gasteiger partial charge in [-0.15, -0.1) is 6.42 Å². The first-order chi connectivity index (χ1) is 12.8. The largest absolute Gasteiger partial charge is 0.481 e. The summed E-state index contributed by atoms with van der Waals surface area (Å²) in [6, 6.07) is 0. The van der Waals surface area contributed by atoms with Crippen molar-refractivity contribution >= 4 is 17.7 Å². The van der Waals surface area contributed by atoms with Crippen molar-refractivity contribution in [3.63, 3.8) is 0 Å². The predicted octanol–water partition coefficient (Wildman–Crippen LogP) is 2.83. The van der Waals surface area contributed by atoms with E-state index in [4.69, 9.17) is 11.5 Å². The smallest absolute Gasteiger partial charge is 0.313 e. The Morgan fingerprint density at radius 2 is 2.04 bits per heavy atom. The second kappa shape index (κ2) is 12.5. The summed E-state index contributed by atoms with van der Waals surface area (Å²) >= 11 is 1.40. The standard InChI is InChI=1S/C21H34O5S/c1-3-5-11-21(26,4-2)12-8-10-17-16(18(22)14-19(17)23)9-6-7-13-27-15-20(24)25/h2,8,10,16-19,22-23,26H,3,5-7,9,11-15H2,1H3,(H,24,25)/t16-,17-,18+,19-,21?/m1/s1. The summed E-state index contributed by atoms with van der Waals surface area (Å²) in [6.07, 6.45) is 13.8. The summed E-state index contributed by atoms with van der Waals surface area (Å²) < 4.78 is 0. The zero-order valence-electron chi connectivity index (χ0n) is 16.2. The lowest BCUT2D eigenvalue weighted by atomic mass is 9.87. The van der Waals surface area contributed by atoms with E-state index in [1.165, 1.54) is 11.8 Å². The van der Waals surface area contributed by atoms with Gasteiger partial charge in [0.05, 0.1) is 18.0 Å². The summed E-state index contributed by atoms with van der Waals surface area (Å²) in [5.74, 6) is 2.42. The lowest BCUT2D eigenvalue weighted by molar-refractivity contribution is -0.133. The Balaban J connectivity index is 2.50. The Bertz CT molecular complexity index is 515. The van der Waals surface area contributed by atoms with Crippen molar-refractivity contribution in [2.75, 3.05) is 11.5 Å². The van der Waals surface area contributed by atoms with Crippen molar-refractivity contribution in [1.29, 1.82) is 0 Å². The van der Waals surface area contributed by atoms with Crippen molar-refractivity contribution < 1.29 is 25.2 Å². The fraction of sp³-hybridized carbons (Fsp3) is 0.762. The first kappa shape index (κ1) is 24.0. The number of rotatable bonds is 13. The van der Waals surface area contributed by atoms with Crippen LogP contribution in [0.3, 0.4) is 0 Å². The molecule has 0 aromatic rings. The quantitative estimate of drug-likeness (QED) is 0.216. The van der Waals surface area contributed by atoms with Crippen molar-refractivity contribution in [3.05, 3.63) is 12.2 Å². The van der Waals surface area contributed by atoms with E-state index in [9.17, 15) is 20.1 Å². The van der Waals surface area contributed by atoms with E-state index in [2.05, 4.69) is 5.92 Å². The van der Waals surface area contributed by atoms with Gasteiger partial charge in [-0.05, 0) is 37.4 Å². The average molecular weight is 399 g/mol. The van der Waals surface area contributed by atoms with Crippen molar-refractivity contribution in [2.24, 2.45) is 11.8 Å². The van der Waals surface area contributed by atoms with Gasteiger partial charge < -0.3 is 20.4 Å². The number of carboxylic acids is 1. The monoisotopic (exact) mass is 398 g/mol. The van der Waals surface area contributed by atoms with Crippen LogP contribution in [0.4, 0.5) is 0 Å². The van der Waals surface area contributed by atoms with Crippen molar-refractivity contribution in [1.82, 2.24) is 0 Å². The van der Waals surface area contributed by atoms with Crippen LogP contribution in [0.25, 0.3) is 0 Å². The minimum Gasteiger partial charge on any atom is -0.481 e. The highest BCUT2D eigenvalue weighted by molar-refractivity contribution is 7.99. The van der Waals surface area contributed by atoms with Crippen LogP contribution in [-0.2, 0) is 4.79 Å². The number of hydrogen-bond donors (Lipinski definition) is 4. The molecule has 4 N–H and O–H groups in total. The minimum absolute atomic E-state index is 0.0182. The maximum absolute atomic E-state index is 10.5. The van der Waals surface area contributed by atoms with Crippen LogP contribution >= 0.6 is 11.8 Å². The SMILES string of the molecule is C#CC(O)(CC=C[C@@H]1[C@@H](CCCCSCC(=O)O)[C@@H](O)C[C@H]1O)CCCC. The molecule has 0 aromatic carbocycles. The number of terminal acetylenes is 1. The number of carbonyl (C=O) groups is 1. The van der Waals surface area contributed by atoms with Gasteiger partial charge >= 0.3 is 5.97 Å². The molecule has 1 aliphatic rings. The molecular formula is C21H34O5S. The topological polar surface area (TPSA) is 98.0 Å². The lowest BCUT2D eigenvalue weighted by Gasteiger charge is -2.22. The Morgan fingerprint density at radius 1 is 1.30 bits per heavy atom. The molecule has 6 heteroatoms. The highest BCUT2D eigenvalue weighted by Crippen LogP contribution is 2.37. The molecule has 27 heavy (non-hydrogen) atoms. The van der Waals surface area contributed by atoms with E-state index in [-0.39, 0.29) is 17.6 Å². The third kappa shape index (κ3) is 8.69. The minimum atomic E-state index is -1.15. The summed E-state index contributed by atoms with van der Waals surface area (Å²) in [4.78, 5) is 10.5. The molecule has 1 fully saturated rings. The molecule has 1 aliphatic carbocycles. The Kier molecular flexibility index (Phi) is 11.1. The van der Waals surface area contributed by atoms with Gasteiger partial charge in [-0.2, -0.15) is 11.8 Å². The first-order valence-corrected chi connectivity index (χ1v) is 11.0. The van der Waals surface area contributed by atoms with Crippen molar-refractivity contribution in [3.8, 4) is 12.3 Å². The summed E-state index contributed by atoms with van der Waals surface area (Å²) in [6.45, 7) is 2.05. The number of hydrogen-bond acceptors (Lipinski definition) is 5. The van der Waals surface area contributed by atoms with Crippen LogP contribution in [0.2, 0.25) is 0 Å². The number of aliphatic hydroxyl groups is 3. The van der Waals surface area contributed by atoms with Gasteiger partial charge in [0.2, 0.25) is 0 Å². The van der Waals surface area contributed by atoms with Gasteiger partial charge in [-0.3, -0.25) is 4.79 Å². The van der Waals surface area contributed by atoms with Gasteiger partial charge in [0.25, 0.3) is 0 Å². The Morgan fingerprint density at radius 3 is 2.67 bits per heavy atom. The summed E-state index contributed by atoms with van der Waals surface area (Å²) in [5, 5.41) is 39.6. The molecule has 0 bridgehead atoms. The third-order valence-electron chi connectivity index (χ3n) is 5.24. The maximum Gasteiger partial charge on any atom is 0.313 e. The van der Waals surface area contributed by atoms with Crippen LogP contribution in [0.1, 0.15) is 58.3 Å². The van der Waals surface area contributed by atoms with Crippen LogP contribution in [0.15, 0.2) is 12.2 Å². The molecule has 0 radical (unpaired) electrons. The average Bonchev–Trinajstić information content (AvgIpc) is 2.89. The third-order valence-corrected chi connectivity index (χ3v) is 6.27. The second-order valence-electron chi connectivity index (χ2n) is 7.47. The van der Waals surface area contributed by atoms with Gasteiger partial charge in [0.15, 0.2) is 0 Å². The van der Waals surface area contributed by atoms with E-state index >= 15 is 0 Å². The molecule has 0 heterocycles. The van der Waals surface area contributed by atoms with E-state index < -0.39 is 23.8 Å². The summed E-state index contributed by atoms with van der Waals surface area (Å²) in [5.41, 5.74) is -1.15. The Hall–Kier alpha value is -1.00. The lowest BCUT2D eigenvalue weighted by Crippen LogP contribution is -2.26. The van der Waals surface area contributed by atoms with E-state index in [0.717, 1.165) is 37.9 Å². The van der Waals surface area contributed by atoms with Gasteiger partial charge in [-0.25, -0.2) is 0 Å². The maximum atomic E-state index is 10.5. The molecule has 0 aliphatic heterocycles. The molecule has 154 valence electrons. The van der Waals surface area contributed by atoms with Crippen LogP contribution in [0, 0.1) is 24.2 Å². The van der Waals surface area contributed by atoms with Crippen LogP contribution in [-0.4, -0.2) is 55.7 Å². The number of thioether (sulfide) groups is 1. The summed E-state index contributed by atoms with van der Waals surface area (Å²) in [7, 11) is 0. The molecule has 0 amide bonds. The molecule has 1 rings (SSSR count). The first-order valence-electron chi connectivity index (χ1n) is 9.85. The zero-order chi connectivity index (χ0) is 20.3. The van der Waals surface area contributed by atoms with Crippen LogP contribution < -0.4 is 0 Å². The van der Waals surface area contributed by atoms with Crippen molar-refractivity contribution in [2.45, 2.75) is 76.1 Å². The molecule has 0 saturated heterocycles. The number of aliphatic carboxylic acids is 1. The Labute approximate surface area is 167 Å². The molecule has 5 nitrogen and oxygen atoms in total. The molecule has 0 spiro atoms. The van der Waals surface area contributed by atoms with Gasteiger partial charge in [0.1, 0.15) is 5.60 Å². The fourth-order valence-corrected chi connectivity index (χ4v) is 4.37. The molecule has 1 unspecified atom stereocenters. The zero-order valence-corrected chi connectivity index (χ0v) is 17.0. The normalized spacial score (nSPS) is 27.5. The van der Waals surface area contributed by atoms with E-state index in [1.807, 2.05) is 19.1 Å². The second-order valence-corrected chi connectivity index (χ2v) is 8.57. The molecule has 5 atom stereocenters. The highest BCUT2D eigenvalue weighted by atomic mass is 32.2. The number of unbranched alkanes of at least 4 members (excludes halogenated alkanes) is 2. The number of carboxylic acid groups (broad SMARTS) is 1.